The normalized spacial score (nSPS) is 9.38. The number of benzene rings is 1. The molecule has 0 radical (unpaired) electrons. The monoisotopic (exact) mass is 181 g/mol. The fourth-order valence-corrected chi connectivity index (χ4v) is 1.02. The van der Waals surface area contributed by atoms with Gasteiger partial charge in [0.2, 0.25) is 0 Å². The van der Waals surface area contributed by atoms with Gasteiger partial charge < -0.3 is 9.84 Å². The Bertz CT molecular complexity index is 357. The Balaban J connectivity index is 3.34. The number of methoxy groups -OCH3 is 1. The Kier molecular flexibility index (Phi) is 2.83. The number of aliphatic hydroxyl groups excluding tert-OH is 1. The average Bonchev–Trinajstić information content (AvgIpc) is 2.17. The summed E-state index contributed by atoms with van der Waals surface area (Å²) in [4.78, 5) is 0. The number of rotatable bonds is 2. The van der Waals surface area contributed by atoms with E-state index in [1.807, 2.05) is 0 Å². The van der Waals surface area contributed by atoms with Crippen molar-refractivity contribution >= 4 is 0 Å². The minimum atomic E-state index is -0.677. The van der Waals surface area contributed by atoms with E-state index in [1.54, 1.807) is 6.07 Å². The maximum absolute atomic E-state index is 13.3. The summed E-state index contributed by atoms with van der Waals surface area (Å²) in [6, 6.07) is 4.55. The highest BCUT2D eigenvalue weighted by molar-refractivity contribution is 5.43. The van der Waals surface area contributed by atoms with E-state index in [-0.39, 0.29) is 16.9 Å². The second kappa shape index (κ2) is 3.87. The van der Waals surface area contributed by atoms with Gasteiger partial charge in [0.25, 0.3) is 0 Å². The molecule has 0 bridgehead atoms. The second-order valence-electron chi connectivity index (χ2n) is 2.38. The molecule has 1 aromatic rings. The molecular weight excluding hydrogens is 173 g/mol. The highest BCUT2D eigenvalue weighted by Crippen LogP contribution is 2.23. The molecule has 0 saturated heterocycles. The van der Waals surface area contributed by atoms with Gasteiger partial charge in [-0.3, -0.25) is 0 Å². The minimum absolute atomic E-state index is 0.0261. The molecule has 0 aliphatic heterocycles. The first-order chi connectivity index (χ1) is 6.24. The van der Waals surface area contributed by atoms with Crippen LogP contribution in [0.2, 0.25) is 0 Å². The predicted molar refractivity (Wildman–Crippen MR) is 43.6 cm³/mol. The first-order valence-electron chi connectivity index (χ1n) is 3.61. The molecule has 1 aromatic carbocycles. The fourth-order valence-electron chi connectivity index (χ4n) is 1.02. The van der Waals surface area contributed by atoms with Crippen molar-refractivity contribution in [3.63, 3.8) is 0 Å². The standard InChI is InChI=1S/C9H8FNO2/c1-13-8-3-2-6(4-11)7(5-12)9(8)10/h2-3,12H,5H2,1H3. The topological polar surface area (TPSA) is 53.2 Å². The largest absolute Gasteiger partial charge is 0.494 e. The maximum Gasteiger partial charge on any atom is 0.171 e. The molecule has 0 heterocycles. The average molecular weight is 181 g/mol. The number of halogens is 1. The Labute approximate surface area is 75.0 Å². The summed E-state index contributed by atoms with van der Waals surface area (Å²) in [6.07, 6.45) is 0. The number of hydrogen-bond acceptors (Lipinski definition) is 3. The van der Waals surface area contributed by atoms with Gasteiger partial charge in [0.1, 0.15) is 0 Å². The molecule has 0 atom stereocenters. The molecule has 0 aliphatic carbocycles. The molecule has 1 rings (SSSR count). The van der Waals surface area contributed by atoms with Gasteiger partial charge in [0.05, 0.1) is 25.3 Å². The van der Waals surface area contributed by atoms with E-state index in [9.17, 15) is 4.39 Å². The van der Waals surface area contributed by atoms with E-state index in [0.717, 1.165) is 0 Å². The molecule has 0 aliphatic rings. The van der Waals surface area contributed by atoms with E-state index in [1.165, 1.54) is 19.2 Å². The van der Waals surface area contributed by atoms with Crippen molar-refractivity contribution in [1.29, 1.82) is 5.26 Å². The fraction of sp³-hybridized carbons (Fsp3) is 0.222. The molecule has 0 fully saturated rings. The molecule has 0 aromatic heterocycles. The van der Waals surface area contributed by atoms with Gasteiger partial charge in [-0.05, 0) is 12.1 Å². The van der Waals surface area contributed by atoms with Crippen molar-refractivity contribution in [3.8, 4) is 11.8 Å². The number of hydrogen-bond donors (Lipinski definition) is 1. The van der Waals surface area contributed by atoms with Crippen LogP contribution in [-0.4, -0.2) is 12.2 Å². The smallest absolute Gasteiger partial charge is 0.171 e. The zero-order chi connectivity index (χ0) is 9.84. The third-order valence-electron chi connectivity index (χ3n) is 1.71. The van der Waals surface area contributed by atoms with Crippen molar-refractivity contribution < 1.29 is 14.2 Å². The quantitative estimate of drug-likeness (QED) is 0.745. The predicted octanol–water partition coefficient (Wildman–Crippen LogP) is 1.20. The molecule has 0 spiro atoms. The SMILES string of the molecule is COc1ccc(C#N)c(CO)c1F. The number of nitriles is 1. The van der Waals surface area contributed by atoms with Crippen LogP contribution in [0.5, 0.6) is 5.75 Å². The number of ether oxygens (including phenoxy) is 1. The summed E-state index contributed by atoms with van der Waals surface area (Å²) in [5.74, 6) is -0.646. The summed E-state index contributed by atoms with van der Waals surface area (Å²) < 4.78 is 18.0. The highest BCUT2D eigenvalue weighted by atomic mass is 19.1. The molecule has 0 saturated carbocycles. The van der Waals surface area contributed by atoms with Crippen LogP contribution in [0.4, 0.5) is 4.39 Å². The van der Waals surface area contributed by atoms with E-state index >= 15 is 0 Å². The lowest BCUT2D eigenvalue weighted by Gasteiger charge is -2.06. The van der Waals surface area contributed by atoms with Crippen LogP contribution in [-0.2, 0) is 6.61 Å². The van der Waals surface area contributed by atoms with Gasteiger partial charge in [-0.2, -0.15) is 5.26 Å². The van der Waals surface area contributed by atoms with Crippen LogP contribution >= 0.6 is 0 Å². The maximum atomic E-state index is 13.3. The lowest BCUT2D eigenvalue weighted by molar-refractivity contribution is 0.272. The Morgan fingerprint density at radius 1 is 1.62 bits per heavy atom. The van der Waals surface area contributed by atoms with E-state index in [0.29, 0.717) is 0 Å². The van der Waals surface area contributed by atoms with Gasteiger partial charge in [-0.15, -0.1) is 0 Å². The van der Waals surface area contributed by atoms with Crippen molar-refractivity contribution in [3.05, 3.63) is 29.1 Å². The van der Waals surface area contributed by atoms with Gasteiger partial charge in [-0.25, -0.2) is 4.39 Å². The second-order valence-corrected chi connectivity index (χ2v) is 2.38. The van der Waals surface area contributed by atoms with Crippen molar-refractivity contribution in [1.82, 2.24) is 0 Å². The molecule has 0 amide bonds. The molecule has 1 N–H and O–H groups in total. The summed E-state index contributed by atoms with van der Waals surface area (Å²) in [5, 5.41) is 17.4. The Morgan fingerprint density at radius 2 is 2.31 bits per heavy atom. The van der Waals surface area contributed by atoms with Crippen LogP contribution in [0.15, 0.2) is 12.1 Å². The van der Waals surface area contributed by atoms with Crippen LogP contribution in [0.3, 0.4) is 0 Å². The third-order valence-corrected chi connectivity index (χ3v) is 1.71. The molecule has 68 valence electrons. The van der Waals surface area contributed by atoms with Gasteiger partial charge in [0.15, 0.2) is 11.6 Å². The van der Waals surface area contributed by atoms with Crippen LogP contribution in [0, 0.1) is 17.1 Å². The summed E-state index contributed by atoms with van der Waals surface area (Å²) >= 11 is 0. The third kappa shape index (κ3) is 1.60. The van der Waals surface area contributed by atoms with E-state index in [2.05, 4.69) is 0 Å². The van der Waals surface area contributed by atoms with Gasteiger partial charge in [0, 0.05) is 5.56 Å². The number of aliphatic hydroxyl groups is 1. The van der Waals surface area contributed by atoms with Crippen molar-refractivity contribution in [2.24, 2.45) is 0 Å². The lowest BCUT2D eigenvalue weighted by Crippen LogP contribution is -1.98. The molecular formula is C9H8FNO2. The summed E-state index contributed by atoms with van der Waals surface area (Å²) in [7, 11) is 1.33. The summed E-state index contributed by atoms with van der Waals surface area (Å²) in [6.45, 7) is -0.508. The minimum Gasteiger partial charge on any atom is -0.494 e. The molecule has 0 unspecified atom stereocenters. The zero-order valence-electron chi connectivity index (χ0n) is 7.04. The summed E-state index contributed by atoms with van der Waals surface area (Å²) in [5.41, 5.74) is 0.0997. The highest BCUT2D eigenvalue weighted by Gasteiger charge is 2.12. The first kappa shape index (κ1) is 9.49. The van der Waals surface area contributed by atoms with Crippen LogP contribution in [0.1, 0.15) is 11.1 Å². The Hall–Kier alpha value is -1.60. The first-order valence-corrected chi connectivity index (χ1v) is 3.61. The van der Waals surface area contributed by atoms with Crippen LogP contribution < -0.4 is 4.74 Å². The lowest BCUT2D eigenvalue weighted by atomic mass is 10.1. The molecule has 4 heteroatoms. The van der Waals surface area contributed by atoms with Crippen LogP contribution in [0.25, 0.3) is 0 Å². The zero-order valence-corrected chi connectivity index (χ0v) is 7.04. The van der Waals surface area contributed by atoms with Crippen molar-refractivity contribution in [2.45, 2.75) is 6.61 Å². The number of nitrogens with zero attached hydrogens (tertiary/aromatic N) is 1. The Morgan fingerprint density at radius 3 is 2.77 bits per heavy atom. The van der Waals surface area contributed by atoms with Gasteiger partial charge in [-0.1, -0.05) is 0 Å². The van der Waals surface area contributed by atoms with E-state index in [4.69, 9.17) is 15.1 Å². The molecule has 13 heavy (non-hydrogen) atoms. The van der Waals surface area contributed by atoms with Crippen molar-refractivity contribution in [2.75, 3.05) is 7.11 Å². The van der Waals surface area contributed by atoms with Gasteiger partial charge >= 0.3 is 0 Å². The van der Waals surface area contributed by atoms with E-state index < -0.39 is 12.4 Å². The molecule has 3 nitrogen and oxygen atoms in total.